The van der Waals surface area contributed by atoms with Crippen LogP contribution in [0.5, 0.6) is 0 Å². The molecule has 1 heterocycles. The minimum atomic E-state index is -0.707. The lowest BCUT2D eigenvalue weighted by Gasteiger charge is -2.29. The molecule has 19 heavy (non-hydrogen) atoms. The van der Waals surface area contributed by atoms with Gasteiger partial charge in [0.15, 0.2) is 0 Å². The van der Waals surface area contributed by atoms with Crippen molar-refractivity contribution in [1.82, 2.24) is 15.1 Å². The van der Waals surface area contributed by atoms with Crippen molar-refractivity contribution in [3.05, 3.63) is 18.0 Å². The fourth-order valence-corrected chi connectivity index (χ4v) is 2.65. The minimum absolute atomic E-state index is 0.206. The molecule has 0 radical (unpaired) electrons. The molecule has 5 heteroatoms. The highest BCUT2D eigenvalue weighted by molar-refractivity contribution is 5.93. The van der Waals surface area contributed by atoms with Gasteiger partial charge in [-0.15, -0.1) is 0 Å². The Morgan fingerprint density at radius 2 is 2.00 bits per heavy atom. The van der Waals surface area contributed by atoms with Crippen molar-refractivity contribution in [2.75, 3.05) is 0 Å². The van der Waals surface area contributed by atoms with Crippen molar-refractivity contribution in [2.24, 2.45) is 7.05 Å². The lowest BCUT2D eigenvalue weighted by Crippen LogP contribution is -2.48. The van der Waals surface area contributed by atoms with Crippen LogP contribution in [0.1, 0.15) is 55.4 Å². The van der Waals surface area contributed by atoms with Gasteiger partial charge in [-0.1, -0.05) is 32.1 Å². The Bertz CT molecular complexity index is 478. The molecule has 1 aromatic heterocycles. The van der Waals surface area contributed by atoms with E-state index in [4.69, 9.17) is 0 Å². The Hall–Kier alpha value is -1.83. The van der Waals surface area contributed by atoms with Crippen molar-refractivity contribution in [3.63, 3.8) is 0 Å². The summed E-state index contributed by atoms with van der Waals surface area (Å²) < 4.78 is 1.53. The first-order valence-corrected chi connectivity index (χ1v) is 6.89. The van der Waals surface area contributed by atoms with Crippen molar-refractivity contribution in [1.29, 1.82) is 5.26 Å². The van der Waals surface area contributed by atoms with E-state index in [1.807, 2.05) is 0 Å². The Balaban J connectivity index is 2.11. The summed E-state index contributed by atoms with van der Waals surface area (Å²) >= 11 is 0. The topological polar surface area (TPSA) is 70.7 Å². The number of nitrogens with zero attached hydrogens (tertiary/aromatic N) is 3. The van der Waals surface area contributed by atoms with Gasteiger partial charge in [0, 0.05) is 13.2 Å². The van der Waals surface area contributed by atoms with Crippen LogP contribution >= 0.6 is 0 Å². The molecule has 102 valence electrons. The van der Waals surface area contributed by atoms with Crippen molar-refractivity contribution in [2.45, 2.75) is 50.5 Å². The zero-order valence-electron chi connectivity index (χ0n) is 11.4. The van der Waals surface area contributed by atoms with E-state index in [0.29, 0.717) is 5.69 Å². The van der Waals surface area contributed by atoms with E-state index in [1.165, 1.54) is 11.1 Å². The monoisotopic (exact) mass is 260 g/mol. The molecule has 0 aromatic carbocycles. The van der Waals surface area contributed by atoms with Gasteiger partial charge in [0.05, 0.1) is 6.07 Å². The molecule has 0 bridgehead atoms. The summed E-state index contributed by atoms with van der Waals surface area (Å²) in [5, 5.41) is 16.4. The molecule has 1 amide bonds. The van der Waals surface area contributed by atoms with Crippen LogP contribution in [0.3, 0.4) is 0 Å². The second-order valence-corrected chi connectivity index (χ2v) is 5.26. The van der Waals surface area contributed by atoms with E-state index < -0.39 is 5.54 Å². The van der Waals surface area contributed by atoms with Crippen LogP contribution in [-0.2, 0) is 7.05 Å². The van der Waals surface area contributed by atoms with Crippen LogP contribution in [0.4, 0.5) is 0 Å². The maximum Gasteiger partial charge on any atom is 0.270 e. The van der Waals surface area contributed by atoms with Crippen molar-refractivity contribution < 1.29 is 4.79 Å². The second kappa shape index (κ2) is 5.87. The zero-order chi connectivity index (χ0) is 13.7. The second-order valence-electron chi connectivity index (χ2n) is 5.26. The van der Waals surface area contributed by atoms with E-state index in [-0.39, 0.29) is 5.91 Å². The predicted molar refractivity (Wildman–Crippen MR) is 71.3 cm³/mol. The van der Waals surface area contributed by atoms with E-state index in [9.17, 15) is 10.1 Å². The molecule has 1 aliphatic rings. The van der Waals surface area contributed by atoms with Crippen LogP contribution in [0.25, 0.3) is 0 Å². The van der Waals surface area contributed by atoms with Crippen LogP contribution in [0.15, 0.2) is 12.3 Å². The quantitative estimate of drug-likeness (QED) is 0.885. The zero-order valence-corrected chi connectivity index (χ0v) is 11.4. The average Bonchev–Trinajstić information content (AvgIpc) is 2.79. The van der Waals surface area contributed by atoms with Gasteiger partial charge in [-0.2, -0.15) is 10.4 Å². The van der Waals surface area contributed by atoms with Crippen LogP contribution in [-0.4, -0.2) is 21.2 Å². The van der Waals surface area contributed by atoms with Gasteiger partial charge >= 0.3 is 0 Å². The van der Waals surface area contributed by atoms with Crippen LogP contribution in [0.2, 0.25) is 0 Å². The number of aryl methyl sites for hydroxylation is 1. The summed E-state index contributed by atoms with van der Waals surface area (Å²) in [6.07, 6.45) is 8.60. The first-order chi connectivity index (χ1) is 9.17. The summed E-state index contributed by atoms with van der Waals surface area (Å²) in [6.45, 7) is 0. The standard InChI is InChI=1S/C14H20N4O/c1-18-12(7-10-16-18)13(19)17-14(11-15)8-5-3-2-4-6-9-14/h7,10H,2-6,8-9H2,1H3,(H,17,19). The van der Waals surface area contributed by atoms with Gasteiger partial charge in [-0.3, -0.25) is 9.48 Å². The van der Waals surface area contributed by atoms with Gasteiger partial charge in [-0.25, -0.2) is 0 Å². The fourth-order valence-electron chi connectivity index (χ4n) is 2.65. The summed E-state index contributed by atoms with van der Waals surface area (Å²) in [7, 11) is 1.73. The third-order valence-corrected chi connectivity index (χ3v) is 3.83. The van der Waals surface area contributed by atoms with E-state index in [0.717, 1.165) is 38.5 Å². The molecule has 2 rings (SSSR count). The molecule has 0 saturated heterocycles. The molecule has 0 unspecified atom stereocenters. The van der Waals surface area contributed by atoms with Gasteiger partial charge in [0.2, 0.25) is 0 Å². The lowest BCUT2D eigenvalue weighted by molar-refractivity contribution is 0.0898. The maximum atomic E-state index is 12.2. The molecule has 1 aliphatic carbocycles. The Morgan fingerprint density at radius 3 is 2.53 bits per heavy atom. The summed E-state index contributed by atoms with van der Waals surface area (Å²) in [5.74, 6) is -0.206. The van der Waals surface area contributed by atoms with Crippen LogP contribution < -0.4 is 5.32 Å². The Morgan fingerprint density at radius 1 is 1.37 bits per heavy atom. The first kappa shape index (κ1) is 13.6. The van der Waals surface area contributed by atoms with E-state index >= 15 is 0 Å². The predicted octanol–water partition coefficient (Wildman–Crippen LogP) is 2.16. The van der Waals surface area contributed by atoms with Crippen molar-refractivity contribution in [3.8, 4) is 6.07 Å². The first-order valence-electron chi connectivity index (χ1n) is 6.89. The molecule has 0 spiro atoms. The summed E-state index contributed by atoms with van der Waals surface area (Å²) in [4.78, 5) is 12.2. The highest BCUT2D eigenvalue weighted by atomic mass is 16.2. The minimum Gasteiger partial charge on any atom is -0.332 e. The van der Waals surface area contributed by atoms with Gasteiger partial charge < -0.3 is 5.32 Å². The van der Waals surface area contributed by atoms with E-state index in [2.05, 4.69) is 16.5 Å². The maximum absolute atomic E-state index is 12.2. The van der Waals surface area contributed by atoms with Gasteiger partial charge in [0.1, 0.15) is 11.2 Å². The molecular formula is C14H20N4O. The SMILES string of the molecule is Cn1nccc1C(=O)NC1(C#N)CCCCCCC1. The smallest absolute Gasteiger partial charge is 0.270 e. The van der Waals surface area contributed by atoms with E-state index in [1.54, 1.807) is 19.3 Å². The third kappa shape index (κ3) is 3.14. The molecular weight excluding hydrogens is 240 g/mol. The normalized spacial score (nSPS) is 18.9. The molecule has 0 aliphatic heterocycles. The molecule has 1 fully saturated rings. The highest BCUT2D eigenvalue weighted by Gasteiger charge is 2.32. The number of hydrogen-bond donors (Lipinski definition) is 1. The summed E-state index contributed by atoms with van der Waals surface area (Å²) in [6, 6.07) is 4.01. The number of nitriles is 1. The number of aromatic nitrogens is 2. The van der Waals surface area contributed by atoms with Crippen molar-refractivity contribution >= 4 is 5.91 Å². The number of carbonyl (C=O) groups excluding carboxylic acids is 1. The largest absolute Gasteiger partial charge is 0.332 e. The lowest BCUT2D eigenvalue weighted by atomic mass is 9.85. The number of hydrogen-bond acceptors (Lipinski definition) is 3. The third-order valence-electron chi connectivity index (χ3n) is 3.83. The highest BCUT2D eigenvalue weighted by Crippen LogP contribution is 2.26. The van der Waals surface area contributed by atoms with Gasteiger partial charge in [0.25, 0.3) is 5.91 Å². The molecule has 1 aromatic rings. The number of carbonyl (C=O) groups is 1. The molecule has 0 atom stereocenters. The Labute approximate surface area is 113 Å². The molecule has 5 nitrogen and oxygen atoms in total. The molecule has 1 N–H and O–H groups in total. The number of nitrogens with one attached hydrogen (secondary N) is 1. The molecule has 1 saturated carbocycles. The van der Waals surface area contributed by atoms with Crippen LogP contribution in [0, 0.1) is 11.3 Å². The summed E-state index contributed by atoms with van der Waals surface area (Å²) in [5.41, 5.74) is -0.210. The number of rotatable bonds is 2. The average molecular weight is 260 g/mol. The van der Waals surface area contributed by atoms with Gasteiger partial charge in [-0.05, 0) is 18.9 Å². The number of amides is 1. The Kier molecular flexibility index (Phi) is 4.20. The fraction of sp³-hybridized carbons (Fsp3) is 0.643.